The third kappa shape index (κ3) is 3.65. The van der Waals surface area contributed by atoms with E-state index < -0.39 is 5.67 Å². The largest absolute Gasteiger partial charge is 0.495 e. The second-order valence-electron chi connectivity index (χ2n) is 7.64. The molecule has 0 atom stereocenters. The monoisotopic (exact) mass is 395 g/mol. The van der Waals surface area contributed by atoms with Crippen molar-refractivity contribution in [2.75, 3.05) is 7.11 Å². The van der Waals surface area contributed by atoms with Gasteiger partial charge in [0.25, 0.3) is 0 Å². The standard InChI is InChI=1S/C21H22FN5O2/c1-13-5-17(14-6-16(29-4)9-23-7-14)25-18-11-27(20(28)19(13)18)15-8-24-26(10-15)12-21(2,3)22/h5-11,28H,12H2,1-4H3. The van der Waals surface area contributed by atoms with Gasteiger partial charge in [0.2, 0.25) is 5.88 Å². The van der Waals surface area contributed by atoms with Gasteiger partial charge in [0, 0.05) is 24.2 Å². The van der Waals surface area contributed by atoms with Crippen molar-refractivity contribution in [3.8, 4) is 28.6 Å². The molecule has 4 aromatic heterocycles. The van der Waals surface area contributed by atoms with Crippen LogP contribution in [0.3, 0.4) is 0 Å². The molecule has 0 saturated heterocycles. The molecule has 4 rings (SSSR count). The van der Waals surface area contributed by atoms with Crippen molar-refractivity contribution in [3.05, 3.63) is 48.7 Å². The number of aromatic nitrogens is 5. The average Bonchev–Trinajstić information content (AvgIpc) is 3.24. The van der Waals surface area contributed by atoms with Gasteiger partial charge >= 0.3 is 0 Å². The van der Waals surface area contributed by atoms with Crippen molar-refractivity contribution in [1.29, 1.82) is 0 Å². The van der Waals surface area contributed by atoms with Gasteiger partial charge in [-0.05, 0) is 38.5 Å². The van der Waals surface area contributed by atoms with E-state index in [-0.39, 0.29) is 12.4 Å². The molecule has 29 heavy (non-hydrogen) atoms. The average molecular weight is 395 g/mol. The Balaban J connectivity index is 1.78. The summed E-state index contributed by atoms with van der Waals surface area (Å²) in [6, 6.07) is 3.76. The molecule has 0 spiro atoms. The van der Waals surface area contributed by atoms with E-state index in [0.717, 1.165) is 16.8 Å². The number of aromatic hydroxyl groups is 1. The third-order valence-corrected chi connectivity index (χ3v) is 4.63. The number of nitrogens with zero attached hydrogens (tertiary/aromatic N) is 5. The van der Waals surface area contributed by atoms with E-state index in [1.807, 2.05) is 19.1 Å². The van der Waals surface area contributed by atoms with Crippen LogP contribution in [0.5, 0.6) is 11.6 Å². The predicted molar refractivity (Wildman–Crippen MR) is 108 cm³/mol. The lowest BCUT2D eigenvalue weighted by atomic mass is 10.1. The van der Waals surface area contributed by atoms with Crippen molar-refractivity contribution < 1.29 is 14.2 Å². The molecule has 0 aromatic carbocycles. The summed E-state index contributed by atoms with van der Waals surface area (Å²) in [6.45, 7) is 5.04. The fraction of sp³-hybridized carbons (Fsp3) is 0.286. The van der Waals surface area contributed by atoms with Gasteiger partial charge in [-0.15, -0.1) is 0 Å². The van der Waals surface area contributed by atoms with Gasteiger partial charge in [0.05, 0.1) is 48.3 Å². The molecular formula is C21H22FN5O2. The Bertz CT molecular complexity index is 1190. The van der Waals surface area contributed by atoms with Crippen LogP contribution in [-0.2, 0) is 6.54 Å². The highest BCUT2D eigenvalue weighted by molar-refractivity contribution is 5.90. The summed E-state index contributed by atoms with van der Waals surface area (Å²) in [7, 11) is 1.59. The second-order valence-corrected chi connectivity index (χ2v) is 7.64. The Hall–Kier alpha value is -3.42. The number of aryl methyl sites for hydroxylation is 1. The van der Waals surface area contributed by atoms with Crippen LogP contribution in [-0.4, -0.2) is 42.2 Å². The minimum absolute atomic E-state index is 0.0689. The van der Waals surface area contributed by atoms with Crippen LogP contribution in [0, 0.1) is 6.92 Å². The van der Waals surface area contributed by atoms with Crippen molar-refractivity contribution in [1.82, 2.24) is 24.3 Å². The van der Waals surface area contributed by atoms with E-state index in [9.17, 15) is 9.50 Å². The predicted octanol–water partition coefficient (Wildman–Crippen LogP) is 4.05. The van der Waals surface area contributed by atoms with E-state index in [2.05, 4.69) is 10.1 Å². The number of pyridine rings is 2. The number of hydrogen-bond donors (Lipinski definition) is 1. The maximum atomic E-state index is 13.9. The first kappa shape index (κ1) is 18.9. The molecule has 0 fully saturated rings. The minimum atomic E-state index is -1.38. The van der Waals surface area contributed by atoms with Gasteiger partial charge in [-0.25, -0.2) is 9.37 Å². The van der Waals surface area contributed by atoms with Crippen LogP contribution in [0.15, 0.2) is 43.1 Å². The molecule has 0 radical (unpaired) electrons. The summed E-state index contributed by atoms with van der Waals surface area (Å²) < 4.78 is 22.3. The molecule has 0 amide bonds. The quantitative estimate of drug-likeness (QED) is 0.551. The molecule has 0 aliphatic rings. The number of methoxy groups -OCH3 is 1. The van der Waals surface area contributed by atoms with Gasteiger partial charge in [0.15, 0.2) is 0 Å². The van der Waals surface area contributed by atoms with Gasteiger partial charge in [-0.1, -0.05) is 0 Å². The Labute approximate surface area is 167 Å². The molecule has 150 valence electrons. The minimum Gasteiger partial charge on any atom is -0.495 e. The first-order valence-electron chi connectivity index (χ1n) is 9.18. The number of rotatable bonds is 5. The summed E-state index contributed by atoms with van der Waals surface area (Å²) in [6.07, 6.45) is 8.38. The molecule has 0 aliphatic carbocycles. The topological polar surface area (TPSA) is 78.0 Å². The fourth-order valence-corrected chi connectivity index (χ4v) is 3.35. The van der Waals surface area contributed by atoms with Gasteiger partial charge in [-0.2, -0.15) is 5.10 Å². The molecule has 0 bridgehead atoms. The highest BCUT2D eigenvalue weighted by Gasteiger charge is 2.19. The van der Waals surface area contributed by atoms with E-state index in [4.69, 9.17) is 9.72 Å². The lowest BCUT2D eigenvalue weighted by Crippen LogP contribution is -2.21. The van der Waals surface area contributed by atoms with Crippen molar-refractivity contribution in [2.24, 2.45) is 0 Å². The Morgan fingerprint density at radius 1 is 1.17 bits per heavy atom. The number of alkyl halides is 1. The molecule has 7 nitrogen and oxygen atoms in total. The van der Waals surface area contributed by atoms with E-state index in [1.54, 1.807) is 42.7 Å². The van der Waals surface area contributed by atoms with Crippen molar-refractivity contribution >= 4 is 10.9 Å². The van der Waals surface area contributed by atoms with Gasteiger partial charge in [-0.3, -0.25) is 14.2 Å². The number of halogens is 1. The first-order valence-corrected chi connectivity index (χ1v) is 9.18. The van der Waals surface area contributed by atoms with Crippen molar-refractivity contribution in [2.45, 2.75) is 33.0 Å². The fourth-order valence-electron chi connectivity index (χ4n) is 3.35. The zero-order valence-corrected chi connectivity index (χ0v) is 16.7. The smallest absolute Gasteiger partial charge is 0.205 e. The molecule has 0 aliphatic heterocycles. The molecule has 0 unspecified atom stereocenters. The Kier molecular flexibility index (Phi) is 4.49. The maximum absolute atomic E-state index is 13.9. The molecular weight excluding hydrogens is 373 g/mol. The van der Waals surface area contributed by atoms with E-state index in [1.165, 1.54) is 18.5 Å². The number of ether oxygens (including phenoxy) is 1. The summed E-state index contributed by atoms with van der Waals surface area (Å²) >= 11 is 0. The zero-order valence-electron chi connectivity index (χ0n) is 16.7. The molecule has 4 heterocycles. The van der Waals surface area contributed by atoms with E-state index in [0.29, 0.717) is 22.3 Å². The number of fused-ring (bicyclic) bond motifs is 1. The van der Waals surface area contributed by atoms with Gasteiger partial charge < -0.3 is 9.84 Å². The van der Waals surface area contributed by atoms with Crippen LogP contribution in [0.25, 0.3) is 27.8 Å². The summed E-state index contributed by atoms with van der Waals surface area (Å²) in [5, 5.41) is 15.6. The highest BCUT2D eigenvalue weighted by atomic mass is 19.1. The van der Waals surface area contributed by atoms with Crippen LogP contribution < -0.4 is 4.74 Å². The molecule has 4 aromatic rings. The third-order valence-electron chi connectivity index (χ3n) is 4.63. The molecule has 0 saturated carbocycles. The normalized spacial score (nSPS) is 11.9. The van der Waals surface area contributed by atoms with Gasteiger partial charge in [0.1, 0.15) is 11.4 Å². The maximum Gasteiger partial charge on any atom is 0.205 e. The Morgan fingerprint density at radius 2 is 1.97 bits per heavy atom. The van der Waals surface area contributed by atoms with Crippen LogP contribution in [0.4, 0.5) is 4.39 Å². The lowest BCUT2D eigenvalue weighted by Gasteiger charge is -2.13. The SMILES string of the molecule is COc1cncc(-c2cc(C)c3c(O)n(-c4cnn(CC(C)(C)F)c4)cc3n2)c1. The van der Waals surface area contributed by atoms with Crippen LogP contribution >= 0.6 is 0 Å². The van der Waals surface area contributed by atoms with Crippen LogP contribution in [0.1, 0.15) is 19.4 Å². The van der Waals surface area contributed by atoms with E-state index >= 15 is 0 Å². The van der Waals surface area contributed by atoms with Crippen molar-refractivity contribution in [3.63, 3.8) is 0 Å². The second kappa shape index (κ2) is 6.88. The summed E-state index contributed by atoms with van der Waals surface area (Å²) in [5.41, 5.74) is 2.31. The Morgan fingerprint density at radius 3 is 2.69 bits per heavy atom. The zero-order chi connectivity index (χ0) is 20.8. The molecule has 8 heteroatoms. The molecule has 1 N–H and O–H groups in total. The number of hydrogen-bond acceptors (Lipinski definition) is 5. The highest BCUT2D eigenvalue weighted by Crippen LogP contribution is 2.34. The first-order chi connectivity index (χ1) is 13.7. The summed E-state index contributed by atoms with van der Waals surface area (Å²) in [4.78, 5) is 8.87. The summed E-state index contributed by atoms with van der Waals surface area (Å²) in [5.74, 6) is 0.713. The lowest BCUT2D eigenvalue weighted by molar-refractivity contribution is 0.179. The van der Waals surface area contributed by atoms with Crippen LogP contribution in [0.2, 0.25) is 0 Å².